The van der Waals surface area contributed by atoms with Gasteiger partial charge in [0.15, 0.2) is 23.1 Å². The molecule has 4 heteroatoms. The molecule has 0 saturated carbocycles. The van der Waals surface area contributed by atoms with Gasteiger partial charge in [-0.3, -0.25) is 19.2 Å². The molecule has 4 nitrogen and oxygen atoms in total. The Hall–Kier alpha value is -4.44. The summed E-state index contributed by atoms with van der Waals surface area (Å²) in [6, 6.07) is 7.21. The summed E-state index contributed by atoms with van der Waals surface area (Å²) in [5, 5.41) is 0. The monoisotopic (exact) mass is 468 g/mol. The van der Waals surface area contributed by atoms with Crippen LogP contribution in [0.15, 0.2) is 72.9 Å². The van der Waals surface area contributed by atoms with Gasteiger partial charge in [-0.05, 0) is 46.5 Å². The number of allylic oxidation sites excluding steroid dienone is 8. The number of carbonyl (C=O) groups excluding carboxylic acids is 4. The van der Waals surface area contributed by atoms with E-state index >= 15 is 0 Å². The summed E-state index contributed by atoms with van der Waals surface area (Å²) in [6.07, 6.45) is 22.1. The molecule has 172 valence electrons. The fraction of sp³-hybridized carbons (Fsp3) is 0.125. The van der Waals surface area contributed by atoms with Crippen LogP contribution in [0.5, 0.6) is 0 Å². The molecule has 4 unspecified atom stereocenters. The van der Waals surface area contributed by atoms with Crippen molar-refractivity contribution >= 4 is 47.4 Å². The Balaban J connectivity index is 1.34. The van der Waals surface area contributed by atoms with Gasteiger partial charge in [0.05, 0.1) is 23.7 Å². The molecule has 0 radical (unpaired) electrons. The Morgan fingerprint density at radius 3 is 0.806 bits per heavy atom. The van der Waals surface area contributed by atoms with Gasteiger partial charge in [0, 0.05) is 22.3 Å². The Morgan fingerprint density at radius 1 is 0.361 bits per heavy atom. The lowest BCUT2D eigenvalue weighted by Crippen LogP contribution is -2.35. The van der Waals surface area contributed by atoms with Gasteiger partial charge in [-0.25, -0.2) is 0 Å². The second-order valence-electron chi connectivity index (χ2n) is 9.82. The van der Waals surface area contributed by atoms with E-state index in [9.17, 15) is 19.2 Å². The zero-order valence-electron chi connectivity index (χ0n) is 19.2. The first-order valence-corrected chi connectivity index (χ1v) is 12.1. The van der Waals surface area contributed by atoms with Crippen molar-refractivity contribution in [2.75, 3.05) is 0 Å². The van der Waals surface area contributed by atoms with Gasteiger partial charge in [0.25, 0.3) is 0 Å². The topological polar surface area (TPSA) is 68.3 Å². The number of rotatable bonds is 0. The van der Waals surface area contributed by atoms with Crippen molar-refractivity contribution in [2.45, 2.75) is 0 Å². The van der Waals surface area contributed by atoms with E-state index in [2.05, 4.69) is 0 Å². The SMILES string of the molecule is O=C1c2cc3c(cc2C(=O)C2C=CC=CC12)/C=C\c1cc2c(cc1C=C3)C(=O)C1C=CC=CC1C2=O. The van der Waals surface area contributed by atoms with Crippen molar-refractivity contribution in [3.63, 3.8) is 0 Å². The Kier molecular flexibility index (Phi) is 4.37. The molecule has 0 amide bonds. The van der Waals surface area contributed by atoms with Gasteiger partial charge in [-0.2, -0.15) is 0 Å². The number of hydrogen-bond donors (Lipinski definition) is 0. The minimum absolute atomic E-state index is 0.0415. The smallest absolute Gasteiger partial charge is 0.171 e. The lowest BCUT2D eigenvalue weighted by atomic mass is 9.71. The number of Topliss-reactive ketones (excluding diaryl/α,β-unsaturated/α-hetero) is 4. The number of carbonyl (C=O) groups is 4. The average molecular weight is 469 g/mol. The maximum atomic E-state index is 13.2. The van der Waals surface area contributed by atoms with Crippen LogP contribution in [-0.4, -0.2) is 23.1 Å². The summed E-state index contributed by atoms with van der Waals surface area (Å²) in [6.45, 7) is 0. The highest BCUT2D eigenvalue weighted by atomic mass is 16.1. The molecule has 0 bridgehead atoms. The molecule has 0 aliphatic heterocycles. The number of hydrogen-bond acceptors (Lipinski definition) is 4. The van der Waals surface area contributed by atoms with Crippen LogP contribution in [0, 0.1) is 23.7 Å². The van der Waals surface area contributed by atoms with Crippen molar-refractivity contribution in [1.82, 2.24) is 0 Å². The standard InChI is InChI=1S/C32H20O4/c33-29-21-5-1-2-6-22(21)30(34)26-14-18-11-12-20-16-28-27(15-19(20)10-9-17(18)13-25(26)29)31(35)23-7-3-4-8-24(23)32(28)36/h1-16,21-24H/b10-9-,12-11?,17-9?,18-11?,19-10?,20-12?. The number of ketones is 4. The molecule has 4 atom stereocenters. The van der Waals surface area contributed by atoms with E-state index in [4.69, 9.17) is 0 Å². The van der Waals surface area contributed by atoms with E-state index in [-0.39, 0.29) is 23.1 Å². The molecule has 0 saturated heterocycles. The maximum Gasteiger partial charge on any atom is 0.171 e. The normalized spacial score (nSPS) is 27.3. The fourth-order valence-electron chi connectivity index (χ4n) is 5.95. The van der Waals surface area contributed by atoms with E-state index in [0.717, 1.165) is 22.3 Å². The van der Waals surface area contributed by atoms with E-state index in [1.807, 2.05) is 48.6 Å². The van der Waals surface area contributed by atoms with Gasteiger partial charge in [-0.15, -0.1) is 0 Å². The van der Waals surface area contributed by atoms with Gasteiger partial charge < -0.3 is 0 Å². The molecule has 0 spiro atoms. The lowest BCUT2D eigenvalue weighted by Gasteiger charge is -2.29. The summed E-state index contributed by atoms with van der Waals surface area (Å²) in [5.41, 5.74) is 5.11. The molecule has 0 aromatic heterocycles. The van der Waals surface area contributed by atoms with Crippen molar-refractivity contribution in [2.24, 2.45) is 23.7 Å². The van der Waals surface area contributed by atoms with Crippen LogP contribution in [0.25, 0.3) is 24.3 Å². The molecule has 2 aromatic carbocycles. The summed E-state index contributed by atoms with van der Waals surface area (Å²) in [5.74, 6) is -1.98. The van der Waals surface area contributed by atoms with Crippen molar-refractivity contribution in [3.8, 4) is 0 Å². The fourth-order valence-corrected chi connectivity index (χ4v) is 5.95. The molecule has 2 aromatic rings. The molecular formula is C32H20O4. The molecule has 7 rings (SSSR count). The van der Waals surface area contributed by atoms with Crippen LogP contribution in [0.1, 0.15) is 63.7 Å². The summed E-state index contributed by atoms with van der Waals surface area (Å²) >= 11 is 0. The van der Waals surface area contributed by atoms with E-state index < -0.39 is 23.7 Å². The zero-order chi connectivity index (χ0) is 24.6. The van der Waals surface area contributed by atoms with Crippen LogP contribution >= 0.6 is 0 Å². The molecule has 0 N–H and O–H groups in total. The number of fused-ring (bicyclic) bond motifs is 6. The van der Waals surface area contributed by atoms with Gasteiger partial charge in [0.1, 0.15) is 0 Å². The molecule has 5 aliphatic rings. The lowest BCUT2D eigenvalue weighted by molar-refractivity contribution is 0.0801. The second kappa shape index (κ2) is 7.53. The molecule has 5 aliphatic carbocycles. The summed E-state index contributed by atoms with van der Waals surface area (Å²) in [7, 11) is 0. The highest BCUT2D eigenvalue weighted by Crippen LogP contribution is 2.39. The zero-order valence-corrected chi connectivity index (χ0v) is 19.2. The first-order chi connectivity index (χ1) is 17.5. The summed E-state index contributed by atoms with van der Waals surface area (Å²) in [4.78, 5) is 52.9. The van der Waals surface area contributed by atoms with Crippen molar-refractivity contribution < 1.29 is 19.2 Å². The van der Waals surface area contributed by atoms with Crippen LogP contribution in [0.2, 0.25) is 0 Å². The Bertz CT molecular complexity index is 1380. The predicted molar refractivity (Wildman–Crippen MR) is 139 cm³/mol. The summed E-state index contributed by atoms with van der Waals surface area (Å²) < 4.78 is 0. The Labute approximate surface area is 207 Å². The van der Waals surface area contributed by atoms with Crippen molar-refractivity contribution in [1.29, 1.82) is 0 Å². The van der Waals surface area contributed by atoms with E-state index in [1.54, 1.807) is 48.6 Å². The van der Waals surface area contributed by atoms with Crippen molar-refractivity contribution in [3.05, 3.63) is 117 Å². The van der Waals surface area contributed by atoms with Crippen LogP contribution in [0.3, 0.4) is 0 Å². The first kappa shape index (κ1) is 20.9. The van der Waals surface area contributed by atoms with E-state index in [0.29, 0.717) is 22.3 Å². The minimum Gasteiger partial charge on any atom is -0.293 e. The molecule has 36 heavy (non-hydrogen) atoms. The van der Waals surface area contributed by atoms with Gasteiger partial charge >= 0.3 is 0 Å². The van der Waals surface area contributed by atoms with Crippen LogP contribution in [0.4, 0.5) is 0 Å². The highest BCUT2D eigenvalue weighted by Gasteiger charge is 2.41. The van der Waals surface area contributed by atoms with Crippen LogP contribution < -0.4 is 0 Å². The highest BCUT2D eigenvalue weighted by molar-refractivity contribution is 6.19. The predicted octanol–water partition coefficient (Wildman–Crippen LogP) is 5.82. The second-order valence-corrected chi connectivity index (χ2v) is 9.82. The quantitative estimate of drug-likeness (QED) is 0.417. The van der Waals surface area contributed by atoms with Gasteiger partial charge in [0.2, 0.25) is 0 Å². The van der Waals surface area contributed by atoms with Gasteiger partial charge in [-0.1, -0.05) is 72.9 Å². The third kappa shape index (κ3) is 2.88. The Morgan fingerprint density at radius 2 is 0.583 bits per heavy atom. The molecule has 0 fully saturated rings. The van der Waals surface area contributed by atoms with Crippen LogP contribution in [-0.2, 0) is 0 Å². The first-order valence-electron chi connectivity index (χ1n) is 12.1. The number of benzene rings is 2. The minimum atomic E-state index is -0.454. The molecule has 0 heterocycles. The van der Waals surface area contributed by atoms with E-state index in [1.165, 1.54) is 0 Å². The largest absolute Gasteiger partial charge is 0.293 e. The maximum absolute atomic E-state index is 13.2. The molecular weight excluding hydrogens is 448 g/mol. The third-order valence-electron chi connectivity index (χ3n) is 7.87. The third-order valence-corrected chi connectivity index (χ3v) is 7.87. The average Bonchev–Trinajstić information content (AvgIpc) is 2.91.